The number of hydrogen-bond acceptors (Lipinski definition) is 2. The van der Waals surface area contributed by atoms with E-state index in [1.54, 1.807) is 0 Å². The summed E-state index contributed by atoms with van der Waals surface area (Å²) in [5.41, 5.74) is 6.79. The molecule has 0 heterocycles. The summed E-state index contributed by atoms with van der Waals surface area (Å²) in [6.45, 7) is 15.0. The molecule has 0 amide bonds. The van der Waals surface area contributed by atoms with E-state index in [4.69, 9.17) is 10.5 Å². The molecule has 84 valence electrons. The fourth-order valence-electron chi connectivity index (χ4n) is 1.33. The average molecular weight is 199 g/mol. The van der Waals surface area contributed by atoms with Gasteiger partial charge in [-0.25, -0.2) is 0 Å². The maximum absolute atomic E-state index is 5.82. The monoisotopic (exact) mass is 199 g/mol. The van der Waals surface area contributed by atoms with E-state index in [1.165, 1.54) is 5.57 Å². The van der Waals surface area contributed by atoms with Crippen molar-refractivity contribution in [2.24, 2.45) is 11.7 Å². The fraction of sp³-hybridized carbons (Fsp3) is 0.833. The fourth-order valence-corrected chi connectivity index (χ4v) is 1.33. The first-order chi connectivity index (χ1) is 6.24. The standard InChI is InChI=1S/C12H25NO/c1-9(2)10(3)8-14-12(5,6)7-11(4)13/h10-11H,1,7-8,13H2,2-6H3. The summed E-state index contributed by atoms with van der Waals surface area (Å²) in [6.07, 6.45) is 0.885. The van der Waals surface area contributed by atoms with Crippen LogP contribution in [0.2, 0.25) is 0 Å². The molecule has 2 nitrogen and oxygen atoms in total. The Morgan fingerprint density at radius 1 is 1.43 bits per heavy atom. The van der Waals surface area contributed by atoms with Gasteiger partial charge in [0.15, 0.2) is 0 Å². The summed E-state index contributed by atoms with van der Waals surface area (Å²) >= 11 is 0. The van der Waals surface area contributed by atoms with E-state index in [2.05, 4.69) is 27.4 Å². The van der Waals surface area contributed by atoms with Crippen LogP contribution in [0.4, 0.5) is 0 Å². The van der Waals surface area contributed by atoms with Crippen LogP contribution < -0.4 is 5.73 Å². The Hall–Kier alpha value is -0.340. The van der Waals surface area contributed by atoms with Crippen LogP contribution in [0.1, 0.15) is 41.0 Å². The van der Waals surface area contributed by atoms with E-state index in [0.717, 1.165) is 13.0 Å². The Morgan fingerprint density at radius 3 is 2.29 bits per heavy atom. The van der Waals surface area contributed by atoms with Crippen molar-refractivity contribution in [2.45, 2.75) is 52.7 Å². The van der Waals surface area contributed by atoms with Gasteiger partial charge in [-0.05, 0) is 40.0 Å². The molecule has 2 unspecified atom stereocenters. The van der Waals surface area contributed by atoms with Crippen LogP contribution in [0.15, 0.2) is 12.2 Å². The Labute approximate surface area is 88.5 Å². The highest BCUT2D eigenvalue weighted by Crippen LogP contribution is 2.19. The lowest BCUT2D eigenvalue weighted by molar-refractivity contribution is -0.0366. The van der Waals surface area contributed by atoms with Gasteiger partial charge in [0, 0.05) is 6.04 Å². The highest BCUT2D eigenvalue weighted by molar-refractivity contribution is 4.94. The third-order valence-corrected chi connectivity index (χ3v) is 2.38. The molecule has 0 aromatic heterocycles. The molecular weight excluding hydrogens is 174 g/mol. The van der Waals surface area contributed by atoms with Crippen molar-refractivity contribution in [2.75, 3.05) is 6.61 Å². The van der Waals surface area contributed by atoms with Crippen LogP contribution in [0.25, 0.3) is 0 Å². The number of rotatable bonds is 6. The first-order valence-corrected chi connectivity index (χ1v) is 5.29. The minimum absolute atomic E-state index is 0.127. The molecule has 0 aliphatic rings. The van der Waals surface area contributed by atoms with Crippen LogP contribution in [0.5, 0.6) is 0 Å². The number of nitrogens with two attached hydrogens (primary N) is 1. The van der Waals surface area contributed by atoms with Crippen molar-refractivity contribution in [1.29, 1.82) is 0 Å². The van der Waals surface area contributed by atoms with Gasteiger partial charge in [-0.2, -0.15) is 0 Å². The normalized spacial score (nSPS) is 16.4. The maximum atomic E-state index is 5.82. The van der Waals surface area contributed by atoms with Crippen LogP contribution >= 0.6 is 0 Å². The van der Waals surface area contributed by atoms with Gasteiger partial charge in [0.2, 0.25) is 0 Å². The van der Waals surface area contributed by atoms with Gasteiger partial charge >= 0.3 is 0 Å². The summed E-state index contributed by atoms with van der Waals surface area (Å²) < 4.78 is 5.82. The van der Waals surface area contributed by atoms with Crippen molar-refractivity contribution >= 4 is 0 Å². The van der Waals surface area contributed by atoms with E-state index in [1.807, 2.05) is 13.8 Å². The third-order valence-electron chi connectivity index (χ3n) is 2.38. The topological polar surface area (TPSA) is 35.2 Å². The van der Waals surface area contributed by atoms with Crippen LogP contribution in [-0.4, -0.2) is 18.2 Å². The highest BCUT2D eigenvalue weighted by atomic mass is 16.5. The first kappa shape index (κ1) is 13.7. The van der Waals surface area contributed by atoms with Gasteiger partial charge in [-0.1, -0.05) is 19.1 Å². The molecule has 2 N–H and O–H groups in total. The van der Waals surface area contributed by atoms with E-state index < -0.39 is 0 Å². The maximum Gasteiger partial charge on any atom is 0.0641 e. The van der Waals surface area contributed by atoms with Crippen molar-refractivity contribution in [1.82, 2.24) is 0 Å². The summed E-state index contributed by atoms with van der Waals surface area (Å²) in [7, 11) is 0. The Bertz CT molecular complexity index is 185. The molecule has 0 aliphatic heterocycles. The third kappa shape index (κ3) is 6.17. The average Bonchev–Trinajstić information content (AvgIpc) is 1.97. The largest absolute Gasteiger partial charge is 0.375 e. The second-order valence-electron chi connectivity index (χ2n) is 5.00. The lowest BCUT2D eigenvalue weighted by Gasteiger charge is -2.28. The summed E-state index contributed by atoms with van der Waals surface area (Å²) in [6, 6.07) is 0.185. The van der Waals surface area contributed by atoms with Crippen molar-refractivity contribution in [3.8, 4) is 0 Å². The minimum atomic E-state index is -0.127. The van der Waals surface area contributed by atoms with Gasteiger partial charge in [-0.15, -0.1) is 0 Å². The quantitative estimate of drug-likeness (QED) is 0.668. The van der Waals surface area contributed by atoms with E-state index in [0.29, 0.717) is 5.92 Å². The van der Waals surface area contributed by atoms with Crippen LogP contribution in [0, 0.1) is 5.92 Å². The number of hydrogen-bond donors (Lipinski definition) is 1. The van der Waals surface area contributed by atoms with Crippen LogP contribution in [-0.2, 0) is 4.74 Å². The molecule has 2 atom stereocenters. The second-order valence-corrected chi connectivity index (χ2v) is 5.00. The number of ether oxygens (including phenoxy) is 1. The summed E-state index contributed by atoms with van der Waals surface area (Å²) in [4.78, 5) is 0. The van der Waals surface area contributed by atoms with Gasteiger partial charge in [0.1, 0.15) is 0 Å². The Morgan fingerprint density at radius 2 is 1.93 bits per heavy atom. The van der Waals surface area contributed by atoms with E-state index >= 15 is 0 Å². The molecular formula is C12H25NO. The Balaban J connectivity index is 3.92. The lowest BCUT2D eigenvalue weighted by atomic mass is 9.99. The van der Waals surface area contributed by atoms with Crippen molar-refractivity contribution < 1.29 is 4.74 Å². The molecule has 0 spiro atoms. The zero-order valence-electron chi connectivity index (χ0n) is 10.3. The van der Waals surface area contributed by atoms with Gasteiger partial charge in [0.05, 0.1) is 12.2 Å². The van der Waals surface area contributed by atoms with Crippen LogP contribution in [0.3, 0.4) is 0 Å². The van der Waals surface area contributed by atoms with E-state index in [-0.39, 0.29) is 11.6 Å². The summed E-state index contributed by atoms with van der Waals surface area (Å²) in [5.74, 6) is 0.419. The molecule has 0 fully saturated rings. The molecule has 0 aromatic carbocycles. The van der Waals surface area contributed by atoms with Crippen molar-refractivity contribution in [3.63, 3.8) is 0 Å². The molecule has 0 radical (unpaired) electrons. The highest BCUT2D eigenvalue weighted by Gasteiger charge is 2.21. The second kappa shape index (κ2) is 5.52. The van der Waals surface area contributed by atoms with E-state index in [9.17, 15) is 0 Å². The van der Waals surface area contributed by atoms with Gasteiger partial charge in [0.25, 0.3) is 0 Å². The molecule has 0 aliphatic carbocycles. The minimum Gasteiger partial charge on any atom is -0.375 e. The molecule has 0 aromatic rings. The summed E-state index contributed by atoms with van der Waals surface area (Å²) in [5, 5.41) is 0. The zero-order chi connectivity index (χ0) is 11.4. The molecule has 0 rings (SSSR count). The van der Waals surface area contributed by atoms with Gasteiger partial charge in [-0.3, -0.25) is 0 Å². The van der Waals surface area contributed by atoms with Crippen molar-refractivity contribution in [3.05, 3.63) is 12.2 Å². The smallest absolute Gasteiger partial charge is 0.0641 e. The molecule has 0 bridgehead atoms. The lowest BCUT2D eigenvalue weighted by Crippen LogP contribution is -2.34. The molecule has 14 heavy (non-hydrogen) atoms. The Kier molecular flexibility index (Phi) is 5.38. The first-order valence-electron chi connectivity index (χ1n) is 5.29. The molecule has 0 saturated heterocycles. The zero-order valence-corrected chi connectivity index (χ0v) is 10.3. The molecule has 0 saturated carbocycles. The van der Waals surface area contributed by atoms with Gasteiger partial charge < -0.3 is 10.5 Å². The predicted molar refractivity (Wildman–Crippen MR) is 62.3 cm³/mol. The SMILES string of the molecule is C=C(C)C(C)COC(C)(C)CC(C)N. The predicted octanol–water partition coefficient (Wildman–Crippen LogP) is 2.73. The molecule has 2 heteroatoms.